The smallest absolute Gasteiger partial charge is 0.221 e. The molecular formula is C22H26ClN3O4S. The molecule has 0 saturated heterocycles. The number of carbonyl (C=O) groups is 1. The molecule has 9 heteroatoms. The Balaban J connectivity index is 0.00000341. The highest BCUT2D eigenvalue weighted by Gasteiger charge is 2.45. The quantitative estimate of drug-likeness (QED) is 0.464. The van der Waals surface area contributed by atoms with Gasteiger partial charge in [0.1, 0.15) is 4.75 Å². The highest BCUT2D eigenvalue weighted by atomic mass is 35.5. The number of rotatable bonds is 7. The van der Waals surface area contributed by atoms with Crippen LogP contribution in [0.2, 0.25) is 0 Å². The van der Waals surface area contributed by atoms with E-state index in [1.807, 2.05) is 19.1 Å². The second-order valence-electron chi connectivity index (χ2n) is 7.66. The van der Waals surface area contributed by atoms with E-state index >= 15 is 0 Å². The van der Waals surface area contributed by atoms with Gasteiger partial charge in [-0.25, -0.2) is 13.6 Å². The summed E-state index contributed by atoms with van der Waals surface area (Å²) in [6.07, 6.45) is 1.48. The normalized spacial score (nSPS) is 14.4. The molecule has 0 aliphatic heterocycles. The van der Waals surface area contributed by atoms with Crippen molar-refractivity contribution in [2.75, 3.05) is 0 Å². The third-order valence-corrected chi connectivity index (χ3v) is 7.18. The second-order valence-corrected chi connectivity index (χ2v) is 9.60. The Morgan fingerprint density at radius 2 is 1.87 bits per heavy atom. The van der Waals surface area contributed by atoms with Gasteiger partial charge >= 0.3 is 0 Å². The number of aryl methyl sites for hydroxylation is 2. The fraction of sp³-hybridized carbons (Fsp3) is 0.273. The lowest BCUT2D eigenvalue weighted by Crippen LogP contribution is -2.48. The Morgan fingerprint density at radius 1 is 1.23 bits per heavy atom. The molecule has 2 aromatic heterocycles. The highest BCUT2D eigenvalue weighted by molar-refractivity contribution is 7.90. The number of aromatic nitrogens is 2. The first kappa shape index (κ1) is 24.7. The van der Waals surface area contributed by atoms with Crippen LogP contribution in [-0.2, 0) is 21.2 Å². The predicted molar refractivity (Wildman–Crippen MR) is 122 cm³/mol. The molecule has 0 aliphatic rings. The van der Waals surface area contributed by atoms with Crippen LogP contribution < -0.4 is 5.14 Å². The van der Waals surface area contributed by atoms with Gasteiger partial charge in [0.05, 0.1) is 11.8 Å². The molecule has 2 unspecified atom stereocenters. The number of halogens is 1. The van der Waals surface area contributed by atoms with Crippen LogP contribution in [0.3, 0.4) is 0 Å². The number of benzene rings is 1. The fourth-order valence-corrected chi connectivity index (χ4v) is 4.34. The number of hydrogen-bond donors (Lipinski definition) is 3. The first-order chi connectivity index (χ1) is 14.0. The SMILES string of the molecule is Cc1ccc(C(=O)c2[nH]c(CC(O)C(C)(c3cccnc3)S(N)(=O)=O)cc2C)cc1.Cl. The zero-order chi connectivity index (χ0) is 22.1. The van der Waals surface area contributed by atoms with Crippen molar-refractivity contribution in [2.45, 2.75) is 38.0 Å². The maximum atomic E-state index is 12.8. The molecule has 2 atom stereocenters. The van der Waals surface area contributed by atoms with Crippen LogP contribution in [0, 0.1) is 13.8 Å². The molecule has 3 aromatic rings. The number of aliphatic hydroxyl groups is 1. The van der Waals surface area contributed by atoms with Crippen molar-refractivity contribution in [3.63, 3.8) is 0 Å². The maximum Gasteiger partial charge on any atom is 0.221 e. The minimum absolute atomic E-state index is 0. The summed E-state index contributed by atoms with van der Waals surface area (Å²) in [5.74, 6) is -0.172. The van der Waals surface area contributed by atoms with Crippen LogP contribution in [0.25, 0.3) is 0 Å². The van der Waals surface area contributed by atoms with Crippen LogP contribution in [0.5, 0.6) is 0 Å². The molecule has 7 nitrogen and oxygen atoms in total. The molecule has 0 saturated carbocycles. The van der Waals surface area contributed by atoms with Gasteiger partial charge in [-0.2, -0.15) is 0 Å². The van der Waals surface area contributed by atoms with E-state index in [1.54, 1.807) is 37.3 Å². The minimum atomic E-state index is -4.17. The van der Waals surface area contributed by atoms with E-state index < -0.39 is 20.9 Å². The van der Waals surface area contributed by atoms with Crippen molar-refractivity contribution in [1.82, 2.24) is 9.97 Å². The Hall–Kier alpha value is -2.52. The molecule has 166 valence electrons. The van der Waals surface area contributed by atoms with Crippen molar-refractivity contribution in [3.05, 3.63) is 88.5 Å². The van der Waals surface area contributed by atoms with Crippen molar-refractivity contribution in [2.24, 2.45) is 5.14 Å². The van der Waals surface area contributed by atoms with Gasteiger partial charge in [0.25, 0.3) is 0 Å². The average molecular weight is 464 g/mol. The van der Waals surface area contributed by atoms with Gasteiger partial charge in [0, 0.05) is 30.1 Å². The van der Waals surface area contributed by atoms with Gasteiger partial charge in [0.15, 0.2) is 0 Å². The maximum absolute atomic E-state index is 12.8. The van der Waals surface area contributed by atoms with Gasteiger partial charge in [-0.1, -0.05) is 35.9 Å². The molecule has 0 spiro atoms. The molecule has 3 rings (SSSR count). The lowest BCUT2D eigenvalue weighted by Gasteiger charge is -2.32. The third-order valence-electron chi connectivity index (χ3n) is 5.49. The molecule has 31 heavy (non-hydrogen) atoms. The third kappa shape index (κ3) is 4.88. The topological polar surface area (TPSA) is 126 Å². The number of carbonyl (C=O) groups excluding carboxylic acids is 1. The molecule has 2 heterocycles. The number of hydrogen-bond acceptors (Lipinski definition) is 5. The van der Waals surface area contributed by atoms with Crippen molar-refractivity contribution >= 4 is 28.2 Å². The number of pyridine rings is 1. The number of nitrogens with two attached hydrogens (primary N) is 1. The van der Waals surface area contributed by atoms with Crippen LogP contribution in [0.4, 0.5) is 0 Å². The summed E-state index contributed by atoms with van der Waals surface area (Å²) < 4.78 is 23.0. The van der Waals surface area contributed by atoms with Gasteiger partial charge in [-0.15, -0.1) is 12.4 Å². The number of sulfonamides is 1. The van der Waals surface area contributed by atoms with E-state index in [-0.39, 0.29) is 24.6 Å². The Kier molecular flexibility index (Phi) is 7.44. The molecule has 0 aliphatic carbocycles. The fourth-order valence-electron chi connectivity index (χ4n) is 3.43. The lowest BCUT2D eigenvalue weighted by molar-refractivity contribution is 0.103. The van der Waals surface area contributed by atoms with Crippen LogP contribution >= 0.6 is 12.4 Å². The number of primary sulfonamides is 1. The first-order valence-corrected chi connectivity index (χ1v) is 11.0. The van der Waals surface area contributed by atoms with Crippen LogP contribution in [0.1, 0.15) is 45.4 Å². The van der Waals surface area contributed by atoms with Gasteiger partial charge in [0.2, 0.25) is 15.8 Å². The van der Waals surface area contributed by atoms with Gasteiger partial charge in [-0.3, -0.25) is 9.78 Å². The molecule has 0 amide bonds. The summed E-state index contributed by atoms with van der Waals surface area (Å²) in [6, 6.07) is 12.1. The largest absolute Gasteiger partial charge is 0.391 e. The van der Waals surface area contributed by atoms with E-state index in [0.29, 0.717) is 28.1 Å². The number of H-pyrrole nitrogens is 1. The van der Waals surface area contributed by atoms with E-state index in [4.69, 9.17) is 5.14 Å². The number of aliphatic hydroxyl groups excluding tert-OH is 1. The van der Waals surface area contributed by atoms with Crippen LogP contribution in [-0.4, -0.2) is 35.4 Å². The lowest BCUT2D eigenvalue weighted by atomic mass is 9.92. The van der Waals surface area contributed by atoms with E-state index in [9.17, 15) is 18.3 Å². The summed E-state index contributed by atoms with van der Waals surface area (Å²) in [5.41, 5.74) is 3.54. The van der Waals surface area contributed by atoms with E-state index in [1.165, 1.54) is 19.3 Å². The monoisotopic (exact) mass is 463 g/mol. The number of nitrogens with one attached hydrogen (secondary N) is 1. The van der Waals surface area contributed by atoms with Gasteiger partial charge in [-0.05, 0) is 44.0 Å². The number of nitrogens with zero attached hydrogens (tertiary/aromatic N) is 1. The zero-order valence-corrected chi connectivity index (χ0v) is 19.1. The summed E-state index contributed by atoms with van der Waals surface area (Å²) in [7, 11) is -4.17. The zero-order valence-electron chi connectivity index (χ0n) is 17.5. The Bertz CT molecular complexity index is 1160. The average Bonchev–Trinajstić information content (AvgIpc) is 3.07. The summed E-state index contributed by atoms with van der Waals surface area (Å²) >= 11 is 0. The molecule has 1 aromatic carbocycles. The predicted octanol–water partition coefficient (Wildman–Crippen LogP) is 2.79. The summed E-state index contributed by atoms with van der Waals surface area (Å²) in [4.78, 5) is 19.8. The molecule has 4 N–H and O–H groups in total. The van der Waals surface area contributed by atoms with E-state index in [0.717, 1.165) is 5.56 Å². The van der Waals surface area contributed by atoms with Crippen LogP contribution in [0.15, 0.2) is 54.9 Å². The summed E-state index contributed by atoms with van der Waals surface area (Å²) in [6.45, 7) is 5.10. The summed E-state index contributed by atoms with van der Waals surface area (Å²) in [5, 5.41) is 16.4. The minimum Gasteiger partial charge on any atom is -0.391 e. The molecular weight excluding hydrogens is 438 g/mol. The standard InChI is InChI=1S/C22H25N3O4S.ClH/c1-14-6-8-16(9-7-14)21(27)20-15(2)11-18(25-20)12-19(26)22(3,30(23,28)29)17-5-4-10-24-13-17;/h4-11,13,19,25-26H,12H2,1-3H3,(H2,23,28,29);1H. The van der Waals surface area contributed by atoms with Gasteiger partial charge < -0.3 is 10.1 Å². The number of aromatic amines is 1. The second kappa shape index (κ2) is 9.32. The Morgan fingerprint density at radius 3 is 2.42 bits per heavy atom. The molecule has 0 fully saturated rings. The highest BCUT2D eigenvalue weighted by Crippen LogP contribution is 2.33. The van der Waals surface area contributed by atoms with Crippen molar-refractivity contribution in [1.29, 1.82) is 0 Å². The van der Waals surface area contributed by atoms with Crippen molar-refractivity contribution < 1.29 is 18.3 Å². The molecule has 0 bridgehead atoms. The Labute approximate surface area is 188 Å². The van der Waals surface area contributed by atoms with Crippen molar-refractivity contribution in [3.8, 4) is 0 Å². The molecule has 0 radical (unpaired) electrons. The number of ketones is 1. The first-order valence-electron chi connectivity index (χ1n) is 9.45. The van der Waals surface area contributed by atoms with E-state index in [2.05, 4.69) is 9.97 Å².